The topological polar surface area (TPSA) is 89.0 Å². The van der Waals surface area contributed by atoms with Gasteiger partial charge in [0.05, 0.1) is 23.5 Å². The van der Waals surface area contributed by atoms with Gasteiger partial charge in [-0.2, -0.15) is 5.10 Å². The van der Waals surface area contributed by atoms with Crippen LogP contribution >= 0.6 is 22.6 Å². The van der Waals surface area contributed by atoms with Crippen LogP contribution in [0.15, 0.2) is 41.5 Å². The predicted molar refractivity (Wildman–Crippen MR) is 130 cm³/mol. The molecule has 0 aliphatic carbocycles. The molecule has 0 aliphatic heterocycles. The number of ether oxygens (including phenoxy) is 2. The number of hydrogen-bond acceptors (Lipinski definition) is 5. The van der Waals surface area contributed by atoms with Gasteiger partial charge in [0.25, 0.3) is 11.8 Å². The Kier molecular flexibility index (Phi) is 9.29. The van der Waals surface area contributed by atoms with Crippen LogP contribution in [-0.2, 0) is 4.79 Å². The van der Waals surface area contributed by atoms with Crippen molar-refractivity contribution in [1.29, 1.82) is 0 Å². The summed E-state index contributed by atoms with van der Waals surface area (Å²) in [5.41, 5.74) is 4.82. The van der Waals surface area contributed by atoms with Crippen LogP contribution in [0, 0.1) is 16.4 Å². The van der Waals surface area contributed by atoms with Crippen LogP contribution in [0.5, 0.6) is 11.5 Å². The van der Waals surface area contributed by atoms with Gasteiger partial charge in [0, 0.05) is 5.56 Å². The lowest BCUT2D eigenvalue weighted by Gasteiger charge is -2.20. The molecule has 2 aromatic rings. The van der Waals surface area contributed by atoms with Crippen LogP contribution < -0.4 is 20.2 Å². The number of aryl methyl sites for hydroxylation is 1. The van der Waals surface area contributed by atoms with E-state index in [0.29, 0.717) is 23.7 Å². The van der Waals surface area contributed by atoms with Gasteiger partial charge in [-0.15, -0.1) is 0 Å². The molecular formula is C23H28IN3O4. The quantitative estimate of drug-likeness (QED) is 0.289. The van der Waals surface area contributed by atoms with Gasteiger partial charge in [0.15, 0.2) is 11.5 Å². The van der Waals surface area contributed by atoms with E-state index >= 15 is 0 Å². The highest BCUT2D eigenvalue weighted by molar-refractivity contribution is 14.1. The SMILES string of the molecule is CCOc1c(I)cc(/C=N/NC(=O)C(NC(=O)c2ccc(C)cc2)C(C)C)cc1OC. The lowest BCUT2D eigenvalue weighted by molar-refractivity contribution is -0.123. The molecule has 0 saturated carbocycles. The Morgan fingerprint density at radius 2 is 1.87 bits per heavy atom. The number of carbonyl (C=O) groups excluding carboxylic acids is 2. The second-order valence-electron chi connectivity index (χ2n) is 7.26. The minimum Gasteiger partial charge on any atom is -0.493 e. The molecule has 0 spiro atoms. The normalized spacial score (nSPS) is 12.0. The molecule has 7 nitrogen and oxygen atoms in total. The summed E-state index contributed by atoms with van der Waals surface area (Å²) in [6.07, 6.45) is 1.53. The molecule has 0 aliphatic rings. The fourth-order valence-electron chi connectivity index (χ4n) is 2.80. The number of nitrogens with zero attached hydrogens (tertiary/aromatic N) is 1. The van der Waals surface area contributed by atoms with Gasteiger partial charge in [-0.05, 0) is 72.2 Å². The highest BCUT2D eigenvalue weighted by Crippen LogP contribution is 2.33. The van der Waals surface area contributed by atoms with Crippen LogP contribution in [0.25, 0.3) is 0 Å². The van der Waals surface area contributed by atoms with Gasteiger partial charge in [-0.25, -0.2) is 5.43 Å². The number of halogens is 1. The van der Waals surface area contributed by atoms with Crippen molar-refractivity contribution >= 4 is 40.6 Å². The van der Waals surface area contributed by atoms with Crippen molar-refractivity contribution in [3.63, 3.8) is 0 Å². The molecule has 0 heterocycles. The number of hydrazone groups is 1. The number of nitrogens with one attached hydrogen (secondary N) is 2. The molecule has 1 atom stereocenters. The van der Waals surface area contributed by atoms with E-state index in [0.717, 1.165) is 14.7 Å². The first kappa shape index (κ1) is 24.6. The lowest BCUT2D eigenvalue weighted by atomic mass is 10.0. The van der Waals surface area contributed by atoms with Crippen LogP contribution in [-0.4, -0.2) is 37.8 Å². The Morgan fingerprint density at radius 3 is 2.45 bits per heavy atom. The summed E-state index contributed by atoms with van der Waals surface area (Å²) in [5, 5.41) is 6.84. The van der Waals surface area contributed by atoms with E-state index in [9.17, 15) is 9.59 Å². The number of benzene rings is 2. The standard InChI is InChI=1S/C23H28IN3O4/c1-6-31-21-18(24)11-16(12-19(21)30-5)13-25-27-23(29)20(14(2)3)26-22(28)17-9-7-15(4)8-10-17/h7-14,20H,6H2,1-5H3,(H,26,28)(H,27,29)/b25-13+. The molecule has 0 bridgehead atoms. The smallest absolute Gasteiger partial charge is 0.262 e. The van der Waals surface area contributed by atoms with Crippen molar-refractivity contribution in [3.8, 4) is 11.5 Å². The molecule has 2 rings (SSSR count). The molecule has 2 amide bonds. The average molecular weight is 537 g/mol. The van der Waals surface area contributed by atoms with Crippen molar-refractivity contribution < 1.29 is 19.1 Å². The molecule has 166 valence electrons. The number of carbonyl (C=O) groups is 2. The zero-order chi connectivity index (χ0) is 23.0. The second-order valence-corrected chi connectivity index (χ2v) is 8.42. The fourth-order valence-corrected chi connectivity index (χ4v) is 3.58. The highest BCUT2D eigenvalue weighted by atomic mass is 127. The maximum atomic E-state index is 12.6. The van der Waals surface area contributed by atoms with Crippen molar-refractivity contribution in [2.24, 2.45) is 11.0 Å². The van der Waals surface area contributed by atoms with Crippen LogP contribution in [0.4, 0.5) is 0 Å². The zero-order valence-corrected chi connectivity index (χ0v) is 20.5. The maximum absolute atomic E-state index is 12.6. The third-order valence-corrected chi connectivity index (χ3v) is 5.28. The number of rotatable bonds is 9. The third-order valence-electron chi connectivity index (χ3n) is 4.48. The second kappa shape index (κ2) is 11.7. The lowest BCUT2D eigenvalue weighted by Crippen LogP contribution is -2.48. The average Bonchev–Trinajstić information content (AvgIpc) is 2.73. The fraction of sp³-hybridized carbons (Fsp3) is 0.348. The van der Waals surface area contributed by atoms with E-state index in [1.54, 1.807) is 25.3 Å². The Hall–Kier alpha value is -2.62. The van der Waals surface area contributed by atoms with E-state index in [4.69, 9.17) is 9.47 Å². The number of methoxy groups -OCH3 is 1. The summed E-state index contributed by atoms with van der Waals surface area (Å²) in [5.74, 6) is 0.455. The molecule has 1 unspecified atom stereocenters. The highest BCUT2D eigenvalue weighted by Gasteiger charge is 2.24. The molecular weight excluding hydrogens is 509 g/mol. The van der Waals surface area contributed by atoms with E-state index in [1.165, 1.54) is 6.21 Å². The summed E-state index contributed by atoms with van der Waals surface area (Å²) in [6.45, 7) is 8.11. The summed E-state index contributed by atoms with van der Waals surface area (Å²) >= 11 is 2.16. The molecule has 8 heteroatoms. The maximum Gasteiger partial charge on any atom is 0.262 e. The summed E-state index contributed by atoms with van der Waals surface area (Å²) in [7, 11) is 1.57. The van der Waals surface area contributed by atoms with Crippen molar-refractivity contribution in [2.75, 3.05) is 13.7 Å². The van der Waals surface area contributed by atoms with E-state index in [1.807, 2.05) is 45.9 Å². The molecule has 0 aromatic heterocycles. The van der Waals surface area contributed by atoms with Gasteiger partial charge in [0.1, 0.15) is 6.04 Å². The molecule has 0 radical (unpaired) electrons. The summed E-state index contributed by atoms with van der Waals surface area (Å²) in [6, 6.07) is 10.1. The van der Waals surface area contributed by atoms with Crippen LogP contribution in [0.1, 0.15) is 42.3 Å². The Balaban J connectivity index is 2.07. The number of amides is 2. The predicted octanol–water partition coefficient (Wildman–Crippen LogP) is 3.91. The van der Waals surface area contributed by atoms with E-state index in [-0.39, 0.29) is 17.7 Å². The molecule has 0 saturated heterocycles. The minimum atomic E-state index is -0.721. The third kappa shape index (κ3) is 6.95. The zero-order valence-electron chi connectivity index (χ0n) is 18.4. The molecule has 31 heavy (non-hydrogen) atoms. The van der Waals surface area contributed by atoms with Crippen molar-refractivity contribution in [1.82, 2.24) is 10.7 Å². The first-order chi connectivity index (χ1) is 14.8. The Morgan fingerprint density at radius 1 is 1.19 bits per heavy atom. The van der Waals surface area contributed by atoms with Crippen LogP contribution in [0.2, 0.25) is 0 Å². The first-order valence-corrected chi connectivity index (χ1v) is 11.1. The van der Waals surface area contributed by atoms with Gasteiger partial charge in [-0.1, -0.05) is 31.5 Å². The summed E-state index contributed by atoms with van der Waals surface area (Å²) in [4.78, 5) is 25.1. The van der Waals surface area contributed by atoms with E-state index in [2.05, 4.69) is 38.4 Å². The first-order valence-electron chi connectivity index (χ1n) is 9.97. The van der Waals surface area contributed by atoms with E-state index < -0.39 is 6.04 Å². The molecule has 2 N–H and O–H groups in total. The van der Waals surface area contributed by atoms with Crippen molar-refractivity contribution in [3.05, 3.63) is 56.7 Å². The minimum absolute atomic E-state index is 0.115. The van der Waals surface area contributed by atoms with Crippen molar-refractivity contribution in [2.45, 2.75) is 33.7 Å². The Bertz CT molecular complexity index is 943. The van der Waals surface area contributed by atoms with Gasteiger partial charge in [0.2, 0.25) is 0 Å². The van der Waals surface area contributed by atoms with Gasteiger partial charge in [-0.3, -0.25) is 9.59 Å². The molecule has 2 aromatic carbocycles. The van der Waals surface area contributed by atoms with Gasteiger partial charge >= 0.3 is 0 Å². The Labute approximate surface area is 196 Å². The molecule has 0 fully saturated rings. The number of hydrogen-bond donors (Lipinski definition) is 2. The monoisotopic (exact) mass is 537 g/mol. The van der Waals surface area contributed by atoms with Gasteiger partial charge < -0.3 is 14.8 Å². The largest absolute Gasteiger partial charge is 0.493 e. The summed E-state index contributed by atoms with van der Waals surface area (Å²) < 4.78 is 11.9. The van der Waals surface area contributed by atoms with Crippen LogP contribution in [0.3, 0.4) is 0 Å².